The van der Waals surface area contributed by atoms with Crippen molar-refractivity contribution in [1.29, 1.82) is 0 Å². The molecule has 1 amide bonds. The average Bonchev–Trinajstić information content (AvgIpc) is 2.44. The lowest BCUT2D eigenvalue weighted by molar-refractivity contribution is -0.128. The molecule has 0 saturated carbocycles. The number of methoxy groups -OCH3 is 2. The van der Waals surface area contributed by atoms with Crippen LogP contribution in [0.5, 0.6) is 11.5 Å². The molecule has 1 N–H and O–H groups in total. The molecule has 1 aromatic rings. The first kappa shape index (κ1) is 15.3. The second kappa shape index (κ2) is 7.63. The zero-order valence-electron chi connectivity index (χ0n) is 12.0. The smallest absolute Gasteiger partial charge is 0.236 e. The minimum atomic E-state index is 0.0861. The van der Waals surface area contributed by atoms with Gasteiger partial charge >= 0.3 is 0 Å². The molecule has 0 fully saturated rings. The van der Waals surface area contributed by atoms with E-state index in [2.05, 4.69) is 5.32 Å². The van der Waals surface area contributed by atoms with Gasteiger partial charge in [-0.25, -0.2) is 0 Å². The zero-order valence-corrected chi connectivity index (χ0v) is 12.0. The van der Waals surface area contributed by atoms with Gasteiger partial charge in [-0.05, 0) is 31.2 Å². The summed E-state index contributed by atoms with van der Waals surface area (Å²) in [6.45, 7) is 1.04. The van der Waals surface area contributed by atoms with E-state index in [0.29, 0.717) is 24.6 Å². The van der Waals surface area contributed by atoms with Gasteiger partial charge in [0.2, 0.25) is 5.91 Å². The van der Waals surface area contributed by atoms with Crippen LogP contribution in [-0.4, -0.2) is 52.2 Å². The standard InChI is InChI=1S/C14H22N2O3/c1-15-10-14(17)16(2)8-7-11-5-6-12(18-3)13(9-11)19-4/h5-6,9,15H,7-8,10H2,1-4H3. The summed E-state index contributed by atoms with van der Waals surface area (Å²) in [6.07, 6.45) is 0.784. The van der Waals surface area contributed by atoms with Crippen LogP contribution < -0.4 is 14.8 Å². The number of likely N-dealkylation sites (N-methyl/N-ethyl adjacent to an activating group) is 2. The molecule has 0 atom stereocenters. The molecule has 5 nitrogen and oxygen atoms in total. The first-order chi connectivity index (χ1) is 9.12. The first-order valence-electron chi connectivity index (χ1n) is 6.21. The zero-order chi connectivity index (χ0) is 14.3. The SMILES string of the molecule is CNCC(=O)N(C)CCc1ccc(OC)c(OC)c1. The van der Waals surface area contributed by atoms with E-state index in [4.69, 9.17) is 9.47 Å². The highest BCUT2D eigenvalue weighted by molar-refractivity contribution is 5.77. The number of amides is 1. The molecule has 0 aromatic heterocycles. The highest BCUT2D eigenvalue weighted by Gasteiger charge is 2.09. The van der Waals surface area contributed by atoms with Gasteiger partial charge < -0.3 is 19.7 Å². The molecular formula is C14H22N2O3. The van der Waals surface area contributed by atoms with Crippen molar-refractivity contribution in [2.24, 2.45) is 0 Å². The van der Waals surface area contributed by atoms with Crippen molar-refractivity contribution in [3.63, 3.8) is 0 Å². The third-order valence-corrected chi connectivity index (χ3v) is 2.94. The Kier molecular flexibility index (Phi) is 6.15. The highest BCUT2D eigenvalue weighted by Crippen LogP contribution is 2.27. The van der Waals surface area contributed by atoms with Crippen molar-refractivity contribution in [1.82, 2.24) is 10.2 Å². The summed E-state index contributed by atoms with van der Waals surface area (Å²) in [5, 5.41) is 2.85. The summed E-state index contributed by atoms with van der Waals surface area (Å²) >= 11 is 0. The van der Waals surface area contributed by atoms with Crippen molar-refractivity contribution in [3.8, 4) is 11.5 Å². The number of nitrogens with one attached hydrogen (secondary N) is 1. The summed E-state index contributed by atoms with van der Waals surface area (Å²) in [5.74, 6) is 1.51. The molecule has 0 heterocycles. The van der Waals surface area contributed by atoms with Crippen LogP contribution in [0.15, 0.2) is 18.2 Å². The van der Waals surface area contributed by atoms with Crippen LogP contribution in [0.4, 0.5) is 0 Å². The Hall–Kier alpha value is -1.75. The number of carbonyl (C=O) groups excluding carboxylic acids is 1. The number of ether oxygens (including phenoxy) is 2. The number of nitrogens with zero attached hydrogens (tertiary/aromatic N) is 1. The second-order valence-corrected chi connectivity index (χ2v) is 4.28. The van der Waals surface area contributed by atoms with E-state index in [9.17, 15) is 4.79 Å². The fraction of sp³-hybridized carbons (Fsp3) is 0.500. The Bertz CT molecular complexity index is 421. The van der Waals surface area contributed by atoms with Gasteiger partial charge in [0, 0.05) is 13.6 Å². The van der Waals surface area contributed by atoms with Crippen LogP contribution in [0, 0.1) is 0 Å². The van der Waals surface area contributed by atoms with Gasteiger partial charge in [-0.3, -0.25) is 4.79 Å². The Balaban J connectivity index is 2.60. The Labute approximate surface area is 114 Å². The molecule has 0 bridgehead atoms. The monoisotopic (exact) mass is 266 g/mol. The summed E-state index contributed by atoms with van der Waals surface area (Å²) in [6, 6.07) is 5.80. The summed E-state index contributed by atoms with van der Waals surface area (Å²) in [4.78, 5) is 13.3. The van der Waals surface area contributed by atoms with Gasteiger partial charge in [0.1, 0.15) is 0 Å². The number of hydrogen-bond donors (Lipinski definition) is 1. The number of rotatable bonds is 7. The van der Waals surface area contributed by atoms with E-state index in [0.717, 1.165) is 12.0 Å². The fourth-order valence-corrected chi connectivity index (χ4v) is 1.74. The number of benzene rings is 1. The molecule has 0 saturated heterocycles. The molecular weight excluding hydrogens is 244 g/mol. The van der Waals surface area contributed by atoms with Gasteiger partial charge in [-0.1, -0.05) is 6.07 Å². The van der Waals surface area contributed by atoms with Gasteiger partial charge in [0.15, 0.2) is 11.5 Å². The van der Waals surface area contributed by atoms with E-state index in [1.54, 1.807) is 33.2 Å². The van der Waals surface area contributed by atoms with Crippen molar-refractivity contribution < 1.29 is 14.3 Å². The van der Waals surface area contributed by atoms with E-state index in [1.165, 1.54) is 0 Å². The van der Waals surface area contributed by atoms with E-state index >= 15 is 0 Å². The first-order valence-corrected chi connectivity index (χ1v) is 6.21. The van der Waals surface area contributed by atoms with Gasteiger partial charge in [-0.2, -0.15) is 0 Å². The molecule has 106 valence electrons. The maximum absolute atomic E-state index is 11.6. The van der Waals surface area contributed by atoms with Crippen LogP contribution in [0.25, 0.3) is 0 Å². The molecule has 0 aliphatic carbocycles. The maximum atomic E-state index is 11.6. The van der Waals surface area contributed by atoms with Crippen molar-refractivity contribution >= 4 is 5.91 Å². The molecule has 5 heteroatoms. The number of hydrogen-bond acceptors (Lipinski definition) is 4. The summed E-state index contributed by atoms with van der Waals surface area (Å²) in [7, 11) is 6.80. The normalized spacial score (nSPS) is 10.1. The van der Waals surface area contributed by atoms with Gasteiger partial charge in [0.25, 0.3) is 0 Å². The predicted octanol–water partition coefficient (Wildman–Crippen LogP) is 0.924. The minimum Gasteiger partial charge on any atom is -0.493 e. The lowest BCUT2D eigenvalue weighted by Crippen LogP contribution is -2.35. The van der Waals surface area contributed by atoms with E-state index in [1.807, 2.05) is 18.2 Å². The third-order valence-electron chi connectivity index (χ3n) is 2.94. The minimum absolute atomic E-state index is 0.0861. The van der Waals surface area contributed by atoms with E-state index in [-0.39, 0.29) is 5.91 Å². The van der Waals surface area contributed by atoms with Crippen molar-refractivity contribution in [2.45, 2.75) is 6.42 Å². The lowest BCUT2D eigenvalue weighted by atomic mass is 10.1. The van der Waals surface area contributed by atoms with Crippen molar-refractivity contribution in [2.75, 3.05) is 41.4 Å². The lowest BCUT2D eigenvalue weighted by Gasteiger charge is -2.17. The Morgan fingerprint density at radius 1 is 1.26 bits per heavy atom. The largest absolute Gasteiger partial charge is 0.493 e. The Morgan fingerprint density at radius 2 is 1.95 bits per heavy atom. The summed E-state index contributed by atoms with van der Waals surface area (Å²) < 4.78 is 10.4. The topological polar surface area (TPSA) is 50.8 Å². The molecule has 0 aliphatic heterocycles. The van der Waals surface area contributed by atoms with Crippen LogP contribution in [-0.2, 0) is 11.2 Å². The second-order valence-electron chi connectivity index (χ2n) is 4.28. The molecule has 0 spiro atoms. The molecule has 1 aromatic carbocycles. The Morgan fingerprint density at radius 3 is 2.53 bits per heavy atom. The molecule has 0 radical (unpaired) electrons. The summed E-state index contributed by atoms with van der Waals surface area (Å²) in [5.41, 5.74) is 1.11. The molecule has 0 aliphatic rings. The highest BCUT2D eigenvalue weighted by atomic mass is 16.5. The number of carbonyl (C=O) groups is 1. The molecule has 19 heavy (non-hydrogen) atoms. The predicted molar refractivity (Wildman–Crippen MR) is 74.8 cm³/mol. The average molecular weight is 266 g/mol. The maximum Gasteiger partial charge on any atom is 0.236 e. The fourth-order valence-electron chi connectivity index (χ4n) is 1.74. The van der Waals surface area contributed by atoms with Crippen molar-refractivity contribution in [3.05, 3.63) is 23.8 Å². The molecule has 1 rings (SSSR count). The van der Waals surface area contributed by atoms with Crippen LogP contribution in [0.2, 0.25) is 0 Å². The van der Waals surface area contributed by atoms with Gasteiger partial charge in [-0.15, -0.1) is 0 Å². The van der Waals surface area contributed by atoms with Crippen LogP contribution in [0.1, 0.15) is 5.56 Å². The van der Waals surface area contributed by atoms with Crippen LogP contribution >= 0.6 is 0 Å². The van der Waals surface area contributed by atoms with Gasteiger partial charge in [0.05, 0.1) is 20.8 Å². The van der Waals surface area contributed by atoms with E-state index < -0.39 is 0 Å². The quantitative estimate of drug-likeness (QED) is 0.797. The van der Waals surface area contributed by atoms with Crippen LogP contribution in [0.3, 0.4) is 0 Å². The molecule has 0 unspecified atom stereocenters. The third kappa shape index (κ3) is 4.44.